The van der Waals surface area contributed by atoms with E-state index in [1.807, 2.05) is 21.8 Å². The van der Waals surface area contributed by atoms with Gasteiger partial charge < -0.3 is 15.5 Å². The summed E-state index contributed by atoms with van der Waals surface area (Å²) in [5.41, 5.74) is 0. The second-order valence-electron chi connectivity index (χ2n) is 6.09. The molecule has 1 aliphatic heterocycles. The fourth-order valence-electron chi connectivity index (χ4n) is 3.09. The molecule has 1 atom stereocenters. The van der Waals surface area contributed by atoms with Crippen molar-refractivity contribution in [3.05, 3.63) is 18.5 Å². The van der Waals surface area contributed by atoms with Gasteiger partial charge >= 0.3 is 0 Å². The minimum absolute atomic E-state index is 0.308. The van der Waals surface area contributed by atoms with Gasteiger partial charge in [0.2, 0.25) is 5.91 Å². The molecule has 24 heavy (non-hydrogen) atoms. The number of carbonyl (C=O) groups excluding carboxylic acids is 1. The maximum absolute atomic E-state index is 11.9. The van der Waals surface area contributed by atoms with Crippen LogP contribution in [0.2, 0.25) is 0 Å². The van der Waals surface area contributed by atoms with Crippen LogP contribution < -0.4 is 10.6 Å². The van der Waals surface area contributed by atoms with E-state index in [0.29, 0.717) is 18.4 Å². The molecule has 0 spiro atoms. The molecule has 2 rings (SSSR count). The van der Waals surface area contributed by atoms with Crippen molar-refractivity contribution in [1.82, 2.24) is 25.3 Å². The highest BCUT2D eigenvalue weighted by atomic mass is 16.2. The third-order valence-corrected chi connectivity index (χ3v) is 4.43. The zero-order valence-electron chi connectivity index (χ0n) is 14.9. The van der Waals surface area contributed by atoms with Gasteiger partial charge in [-0.15, -0.1) is 0 Å². The molecule has 134 valence electrons. The number of hydrogen-bond donors (Lipinski definition) is 2. The van der Waals surface area contributed by atoms with Gasteiger partial charge in [0.25, 0.3) is 0 Å². The molecular formula is C17H30N6O. The first-order valence-corrected chi connectivity index (χ1v) is 8.96. The monoisotopic (exact) mass is 334 g/mol. The largest absolute Gasteiger partial charge is 0.356 e. The first-order chi connectivity index (χ1) is 11.7. The molecule has 1 fully saturated rings. The Bertz CT molecular complexity index is 513. The number of guanidine groups is 1. The van der Waals surface area contributed by atoms with Crippen molar-refractivity contribution < 1.29 is 4.79 Å². The second kappa shape index (κ2) is 9.95. The smallest absolute Gasteiger partial charge is 0.222 e. The van der Waals surface area contributed by atoms with E-state index >= 15 is 0 Å². The summed E-state index contributed by atoms with van der Waals surface area (Å²) < 4.78 is 1.93. The summed E-state index contributed by atoms with van der Waals surface area (Å²) in [5.74, 6) is 1.13. The molecular weight excluding hydrogens is 304 g/mol. The number of nitrogens with zero attached hydrogens (tertiary/aromatic N) is 4. The predicted molar refractivity (Wildman–Crippen MR) is 95.9 cm³/mol. The van der Waals surface area contributed by atoms with E-state index in [9.17, 15) is 4.79 Å². The second-order valence-corrected chi connectivity index (χ2v) is 6.09. The van der Waals surface area contributed by atoms with E-state index in [1.165, 1.54) is 0 Å². The van der Waals surface area contributed by atoms with E-state index in [2.05, 4.69) is 27.6 Å². The van der Waals surface area contributed by atoms with Crippen molar-refractivity contribution in [2.45, 2.75) is 51.6 Å². The molecule has 1 aliphatic rings. The number of aliphatic imine (C=N–C) groups is 1. The van der Waals surface area contributed by atoms with Crippen LogP contribution in [-0.2, 0) is 11.3 Å². The molecule has 1 amide bonds. The number of hydrogen-bond acceptors (Lipinski definition) is 3. The van der Waals surface area contributed by atoms with Gasteiger partial charge in [-0.1, -0.05) is 6.92 Å². The normalized spacial score (nSPS) is 16.5. The van der Waals surface area contributed by atoms with Crippen LogP contribution in [0.1, 0.15) is 39.0 Å². The SMILES string of the molecule is CCC(CCNC(=NC)NCCCn1cccn1)N1CCCC1=O. The Kier molecular flexibility index (Phi) is 7.58. The Hall–Kier alpha value is -2.05. The lowest BCUT2D eigenvalue weighted by molar-refractivity contribution is -0.129. The van der Waals surface area contributed by atoms with Crippen molar-refractivity contribution in [1.29, 1.82) is 0 Å². The standard InChI is InChI=1S/C17H30N6O/c1-3-15(23-14-4-7-16(23)24)8-11-20-17(18-2)19-9-5-12-22-13-6-10-21-22/h6,10,13,15H,3-5,7-9,11-12,14H2,1-2H3,(H2,18,19,20). The summed E-state index contributed by atoms with van der Waals surface area (Å²) >= 11 is 0. The molecule has 1 saturated heterocycles. The summed E-state index contributed by atoms with van der Waals surface area (Å²) in [6.45, 7) is 5.63. The quantitative estimate of drug-likeness (QED) is 0.405. The van der Waals surface area contributed by atoms with Crippen molar-refractivity contribution in [2.24, 2.45) is 4.99 Å². The van der Waals surface area contributed by atoms with E-state index < -0.39 is 0 Å². The lowest BCUT2D eigenvalue weighted by atomic mass is 10.1. The molecule has 2 N–H and O–H groups in total. The Labute approximate surface area is 144 Å². The van der Waals surface area contributed by atoms with Gasteiger partial charge in [-0.2, -0.15) is 5.10 Å². The molecule has 0 radical (unpaired) electrons. The number of aromatic nitrogens is 2. The summed E-state index contributed by atoms with van der Waals surface area (Å²) in [4.78, 5) is 18.2. The van der Waals surface area contributed by atoms with Gasteiger partial charge in [-0.25, -0.2) is 0 Å². The molecule has 7 heteroatoms. The Morgan fingerprint density at radius 1 is 1.42 bits per heavy atom. The van der Waals surface area contributed by atoms with E-state index in [1.54, 1.807) is 13.2 Å². The number of nitrogens with one attached hydrogen (secondary N) is 2. The lowest BCUT2D eigenvalue weighted by Gasteiger charge is -2.27. The molecule has 0 saturated carbocycles. The zero-order valence-corrected chi connectivity index (χ0v) is 14.9. The van der Waals surface area contributed by atoms with Gasteiger partial charge in [0.15, 0.2) is 5.96 Å². The van der Waals surface area contributed by atoms with Gasteiger partial charge in [0.1, 0.15) is 0 Å². The average molecular weight is 334 g/mol. The topological polar surface area (TPSA) is 74.6 Å². The Morgan fingerprint density at radius 2 is 2.25 bits per heavy atom. The Morgan fingerprint density at radius 3 is 2.88 bits per heavy atom. The first kappa shape index (κ1) is 18.3. The molecule has 0 aliphatic carbocycles. The van der Waals surface area contributed by atoms with Crippen molar-refractivity contribution in [3.63, 3.8) is 0 Å². The highest BCUT2D eigenvalue weighted by molar-refractivity contribution is 5.79. The summed E-state index contributed by atoms with van der Waals surface area (Å²) in [6.07, 6.45) is 8.42. The van der Waals surface area contributed by atoms with E-state index in [0.717, 1.165) is 57.8 Å². The molecule has 1 aromatic heterocycles. The molecule has 1 unspecified atom stereocenters. The molecule has 0 aromatic carbocycles. The van der Waals surface area contributed by atoms with Crippen LogP contribution >= 0.6 is 0 Å². The number of likely N-dealkylation sites (tertiary alicyclic amines) is 1. The number of rotatable bonds is 9. The zero-order chi connectivity index (χ0) is 17.2. The number of amides is 1. The van der Waals surface area contributed by atoms with Gasteiger partial charge in [0.05, 0.1) is 0 Å². The maximum Gasteiger partial charge on any atom is 0.222 e. The minimum Gasteiger partial charge on any atom is -0.356 e. The van der Waals surface area contributed by atoms with Crippen molar-refractivity contribution >= 4 is 11.9 Å². The van der Waals surface area contributed by atoms with E-state index in [4.69, 9.17) is 0 Å². The lowest BCUT2D eigenvalue weighted by Crippen LogP contribution is -2.42. The first-order valence-electron chi connectivity index (χ1n) is 8.96. The fraction of sp³-hybridized carbons (Fsp3) is 0.706. The minimum atomic E-state index is 0.308. The predicted octanol–water partition coefficient (Wildman–Crippen LogP) is 1.23. The van der Waals surface area contributed by atoms with Crippen LogP contribution in [0.25, 0.3) is 0 Å². The van der Waals surface area contributed by atoms with E-state index in [-0.39, 0.29) is 0 Å². The van der Waals surface area contributed by atoms with Gasteiger partial charge in [-0.05, 0) is 31.7 Å². The molecule has 0 bridgehead atoms. The molecule has 1 aromatic rings. The van der Waals surface area contributed by atoms with Gasteiger partial charge in [-0.3, -0.25) is 14.5 Å². The fourth-order valence-corrected chi connectivity index (χ4v) is 3.09. The third kappa shape index (κ3) is 5.54. The summed E-state index contributed by atoms with van der Waals surface area (Å²) in [7, 11) is 1.78. The highest BCUT2D eigenvalue weighted by Crippen LogP contribution is 2.17. The molecule has 7 nitrogen and oxygen atoms in total. The highest BCUT2D eigenvalue weighted by Gasteiger charge is 2.26. The number of carbonyl (C=O) groups is 1. The van der Waals surface area contributed by atoms with Crippen LogP contribution in [0.5, 0.6) is 0 Å². The summed E-state index contributed by atoms with van der Waals surface area (Å²) in [6, 6.07) is 2.27. The van der Waals surface area contributed by atoms with Crippen LogP contribution in [0.4, 0.5) is 0 Å². The maximum atomic E-state index is 11.9. The van der Waals surface area contributed by atoms with Gasteiger partial charge in [0, 0.05) is 58.1 Å². The Balaban J connectivity index is 1.62. The van der Waals surface area contributed by atoms with Crippen LogP contribution in [0.3, 0.4) is 0 Å². The average Bonchev–Trinajstić information content (AvgIpc) is 3.25. The molecule has 2 heterocycles. The van der Waals surface area contributed by atoms with Crippen LogP contribution in [-0.4, -0.2) is 59.3 Å². The van der Waals surface area contributed by atoms with Crippen LogP contribution in [0, 0.1) is 0 Å². The number of aryl methyl sites for hydroxylation is 1. The third-order valence-electron chi connectivity index (χ3n) is 4.43. The van der Waals surface area contributed by atoms with Crippen molar-refractivity contribution in [2.75, 3.05) is 26.7 Å². The summed E-state index contributed by atoms with van der Waals surface area (Å²) in [5, 5.41) is 10.8. The van der Waals surface area contributed by atoms with Crippen LogP contribution in [0.15, 0.2) is 23.5 Å². The van der Waals surface area contributed by atoms with Crippen molar-refractivity contribution in [3.8, 4) is 0 Å².